The van der Waals surface area contributed by atoms with Gasteiger partial charge >= 0.3 is 0 Å². The Kier molecular flexibility index (Phi) is 2.99. The summed E-state index contributed by atoms with van der Waals surface area (Å²) >= 11 is 0. The van der Waals surface area contributed by atoms with Crippen LogP contribution in [0.5, 0.6) is 0 Å². The van der Waals surface area contributed by atoms with Gasteiger partial charge in [-0.15, -0.1) is 0 Å². The second kappa shape index (κ2) is 4.42. The second-order valence-electron chi connectivity index (χ2n) is 3.61. The minimum absolute atomic E-state index is 0.120. The topological polar surface area (TPSA) is 64.3 Å². The lowest BCUT2D eigenvalue weighted by Crippen LogP contribution is -2.41. The molecule has 0 bridgehead atoms. The van der Waals surface area contributed by atoms with Crippen molar-refractivity contribution in [1.82, 2.24) is 5.43 Å². The van der Waals surface area contributed by atoms with Gasteiger partial charge in [-0.25, -0.2) is 5.84 Å². The highest BCUT2D eigenvalue weighted by molar-refractivity contribution is 5.81. The van der Waals surface area contributed by atoms with E-state index in [-0.39, 0.29) is 11.8 Å². The van der Waals surface area contributed by atoms with Crippen molar-refractivity contribution in [3.8, 4) is 0 Å². The normalized spacial score (nSPS) is 25.1. The molecule has 1 aromatic rings. The van der Waals surface area contributed by atoms with Crippen LogP contribution in [0.2, 0.25) is 0 Å². The van der Waals surface area contributed by atoms with Crippen molar-refractivity contribution in [3.63, 3.8) is 0 Å². The summed E-state index contributed by atoms with van der Waals surface area (Å²) in [5.41, 5.74) is 3.27. The van der Waals surface area contributed by atoms with Crippen LogP contribution >= 0.6 is 0 Å². The van der Waals surface area contributed by atoms with E-state index in [1.54, 1.807) is 0 Å². The molecule has 3 N–H and O–H groups in total. The number of amides is 1. The molecule has 1 aromatic carbocycles. The molecule has 0 unspecified atom stereocenters. The maximum absolute atomic E-state index is 11.4. The molecule has 1 saturated heterocycles. The van der Waals surface area contributed by atoms with Gasteiger partial charge in [0, 0.05) is 12.5 Å². The number of ether oxygens (including phenoxy) is 1. The fraction of sp³-hybridized carbons (Fsp3) is 0.364. The first kappa shape index (κ1) is 10.1. The first-order chi connectivity index (χ1) is 7.33. The van der Waals surface area contributed by atoms with Crippen molar-refractivity contribution < 1.29 is 9.53 Å². The Bertz CT molecular complexity index is 340. The van der Waals surface area contributed by atoms with Gasteiger partial charge in [0.15, 0.2) is 0 Å². The zero-order valence-electron chi connectivity index (χ0n) is 8.35. The van der Waals surface area contributed by atoms with E-state index < -0.39 is 6.10 Å². The van der Waals surface area contributed by atoms with Gasteiger partial charge < -0.3 is 4.74 Å². The van der Waals surface area contributed by atoms with Crippen molar-refractivity contribution in [2.24, 2.45) is 5.84 Å². The second-order valence-corrected chi connectivity index (χ2v) is 3.61. The number of carbonyl (C=O) groups excluding carboxylic acids is 1. The lowest BCUT2D eigenvalue weighted by molar-refractivity contribution is -0.130. The highest BCUT2D eigenvalue weighted by atomic mass is 16.5. The van der Waals surface area contributed by atoms with Crippen molar-refractivity contribution in [2.45, 2.75) is 18.4 Å². The molecule has 0 spiro atoms. The van der Waals surface area contributed by atoms with Gasteiger partial charge in [0.25, 0.3) is 5.91 Å². The van der Waals surface area contributed by atoms with Crippen LogP contribution in [-0.2, 0) is 9.53 Å². The highest BCUT2D eigenvalue weighted by Crippen LogP contribution is 2.30. The summed E-state index contributed by atoms with van der Waals surface area (Å²) in [6.07, 6.45) is 0.416. The SMILES string of the molecule is NNC(=O)[C@H]1OCC[C@@H]1c1ccccc1. The molecule has 1 aliphatic rings. The number of nitrogens with one attached hydrogen (secondary N) is 1. The van der Waals surface area contributed by atoms with Crippen molar-refractivity contribution in [1.29, 1.82) is 0 Å². The van der Waals surface area contributed by atoms with Crippen molar-refractivity contribution >= 4 is 5.91 Å². The summed E-state index contributed by atoms with van der Waals surface area (Å²) in [6.45, 7) is 0.609. The third kappa shape index (κ3) is 2.00. The molecule has 0 saturated carbocycles. The summed E-state index contributed by atoms with van der Waals surface area (Å²) in [6, 6.07) is 9.90. The molecule has 1 aliphatic heterocycles. The number of hydrogen-bond acceptors (Lipinski definition) is 3. The van der Waals surface area contributed by atoms with Crippen molar-refractivity contribution in [3.05, 3.63) is 35.9 Å². The highest BCUT2D eigenvalue weighted by Gasteiger charge is 2.34. The molecule has 2 rings (SSSR count). The van der Waals surface area contributed by atoms with Gasteiger partial charge in [-0.1, -0.05) is 30.3 Å². The quantitative estimate of drug-likeness (QED) is 0.422. The first-order valence-electron chi connectivity index (χ1n) is 5.00. The zero-order valence-corrected chi connectivity index (χ0v) is 8.35. The smallest absolute Gasteiger partial charge is 0.263 e. The van der Waals surface area contributed by atoms with Crippen LogP contribution in [0.1, 0.15) is 17.9 Å². The maximum atomic E-state index is 11.4. The van der Waals surface area contributed by atoms with E-state index >= 15 is 0 Å². The lowest BCUT2D eigenvalue weighted by atomic mass is 9.92. The Labute approximate surface area is 88.4 Å². The van der Waals surface area contributed by atoms with Crippen LogP contribution in [0.3, 0.4) is 0 Å². The van der Waals surface area contributed by atoms with Gasteiger partial charge in [0.1, 0.15) is 6.10 Å². The number of hydrazine groups is 1. The Morgan fingerprint density at radius 2 is 2.13 bits per heavy atom. The number of benzene rings is 1. The van der Waals surface area contributed by atoms with E-state index in [9.17, 15) is 4.79 Å². The molecule has 0 aliphatic carbocycles. The summed E-state index contributed by atoms with van der Waals surface area (Å²) in [4.78, 5) is 11.4. The molecule has 80 valence electrons. The van der Waals surface area contributed by atoms with Crippen LogP contribution in [-0.4, -0.2) is 18.6 Å². The summed E-state index contributed by atoms with van der Waals surface area (Å²) in [5, 5.41) is 0. The molecular formula is C11H14N2O2. The van der Waals surface area contributed by atoms with Crippen LogP contribution < -0.4 is 11.3 Å². The molecule has 15 heavy (non-hydrogen) atoms. The standard InChI is InChI=1S/C11H14N2O2/c12-13-11(14)10-9(6-7-15-10)8-4-2-1-3-5-8/h1-5,9-10H,6-7,12H2,(H,13,14)/t9-,10+/m1/s1. The summed E-state index contributed by atoms with van der Waals surface area (Å²) in [7, 11) is 0. The Morgan fingerprint density at radius 1 is 1.40 bits per heavy atom. The minimum atomic E-state index is -0.447. The van der Waals surface area contributed by atoms with Crippen molar-refractivity contribution in [2.75, 3.05) is 6.61 Å². The molecular weight excluding hydrogens is 192 g/mol. The molecule has 1 amide bonds. The maximum Gasteiger partial charge on any atom is 0.263 e. The predicted molar refractivity (Wildman–Crippen MR) is 55.9 cm³/mol. The van der Waals surface area contributed by atoms with Crippen LogP contribution in [0, 0.1) is 0 Å². The van der Waals surface area contributed by atoms with Gasteiger partial charge in [0.05, 0.1) is 0 Å². The molecule has 2 atom stereocenters. The van der Waals surface area contributed by atoms with E-state index in [0.29, 0.717) is 6.61 Å². The third-order valence-electron chi connectivity index (χ3n) is 2.72. The van der Waals surface area contributed by atoms with Gasteiger partial charge in [-0.2, -0.15) is 0 Å². The van der Waals surface area contributed by atoms with Gasteiger partial charge in [-0.05, 0) is 12.0 Å². The number of carbonyl (C=O) groups is 1. The first-order valence-corrected chi connectivity index (χ1v) is 5.00. The summed E-state index contributed by atoms with van der Waals surface area (Å²) in [5.74, 6) is 4.98. The number of hydrogen-bond donors (Lipinski definition) is 2. The zero-order chi connectivity index (χ0) is 10.7. The van der Waals surface area contributed by atoms with E-state index in [1.807, 2.05) is 30.3 Å². The van der Waals surface area contributed by atoms with Crippen LogP contribution in [0.25, 0.3) is 0 Å². The number of nitrogens with two attached hydrogens (primary N) is 1. The molecule has 0 radical (unpaired) electrons. The minimum Gasteiger partial charge on any atom is -0.368 e. The predicted octanol–water partition coefficient (Wildman–Crippen LogP) is 0.549. The summed E-state index contributed by atoms with van der Waals surface area (Å²) < 4.78 is 5.38. The lowest BCUT2D eigenvalue weighted by Gasteiger charge is -2.16. The molecule has 4 nitrogen and oxygen atoms in total. The van der Waals surface area contributed by atoms with E-state index in [0.717, 1.165) is 12.0 Å². The van der Waals surface area contributed by atoms with Gasteiger partial charge in [0.2, 0.25) is 0 Å². The van der Waals surface area contributed by atoms with E-state index in [2.05, 4.69) is 5.43 Å². The molecule has 1 fully saturated rings. The molecule has 4 heteroatoms. The van der Waals surface area contributed by atoms with E-state index in [4.69, 9.17) is 10.6 Å². The largest absolute Gasteiger partial charge is 0.368 e. The average molecular weight is 206 g/mol. The Hall–Kier alpha value is -1.39. The molecule has 0 aromatic heterocycles. The van der Waals surface area contributed by atoms with Gasteiger partial charge in [-0.3, -0.25) is 10.2 Å². The average Bonchev–Trinajstić information content (AvgIpc) is 2.78. The Morgan fingerprint density at radius 3 is 2.80 bits per heavy atom. The van der Waals surface area contributed by atoms with Crippen LogP contribution in [0.4, 0.5) is 0 Å². The number of rotatable bonds is 2. The van der Waals surface area contributed by atoms with Crippen LogP contribution in [0.15, 0.2) is 30.3 Å². The fourth-order valence-electron chi connectivity index (χ4n) is 1.97. The monoisotopic (exact) mass is 206 g/mol. The molecule has 1 heterocycles. The van der Waals surface area contributed by atoms with E-state index in [1.165, 1.54) is 0 Å². The Balaban J connectivity index is 2.18. The fourth-order valence-corrected chi connectivity index (χ4v) is 1.97. The third-order valence-corrected chi connectivity index (χ3v) is 2.72.